The summed E-state index contributed by atoms with van der Waals surface area (Å²) in [5.41, 5.74) is 4.84. The number of amides is 2. The highest BCUT2D eigenvalue weighted by Gasteiger charge is 2.24. The van der Waals surface area contributed by atoms with Crippen molar-refractivity contribution in [1.29, 1.82) is 0 Å². The van der Waals surface area contributed by atoms with Crippen molar-refractivity contribution in [3.8, 4) is 0 Å². The van der Waals surface area contributed by atoms with Crippen LogP contribution >= 0.6 is 0 Å². The molecule has 0 aliphatic carbocycles. The van der Waals surface area contributed by atoms with Crippen molar-refractivity contribution in [3.05, 3.63) is 11.8 Å². The van der Waals surface area contributed by atoms with Gasteiger partial charge < -0.3 is 11.1 Å². The normalized spacial score (nSPS) is 11.2. The second-order valence-corrected chi connectivity index (χ2v) is 4.60. The summed E-state index contributed by atoms with van der Waals surface area (Å²) in [5.74, 6) is -0.483. The Morgan fingerprint density at radius 2 is 2.00 bits per heavy atom. The molecule has 1 aromatic heterocycles. The Morgan fingerprint density at radius 3 is 2.44 bits per heavy atom. The van der Waals surface area contributed by atoms with Gasteiger partial charge in [-0.25, -0.2) is 0 Å². The third-order valence-corrected chi connectivity index (χ3v) is 2.12. The second kappa shape index (κ2) is 3.96. The molecule has 0 radical (unpaired) electrons. The first kappa shape index (κ1) is 12.2. The summed E-state index contributed by atoms with van der Waals surface area (Å²) in [6.07, 6.45) is 1.33. The van der Waals surface area contributed by atoms with E-state index in [1.54, 1.807) is 27.8 Å². The van der Waals surface area contributed by atoms with Crippen LogP contribution in [0.15, 0.2) is 6.20 Å². The maximum absolute atomic E-state index is 11.8. The molecule has 0 saturated carbocycles. The molecule has 1 heterocycles. The molecule has 0 atom stereocenters. The molecule has 2 amide bonds. The molecule has 0 spiro atoms. The molecule has 0 unspecified atom stereocenters. The van der Waals surface area contributed by atoms with Gasteiger partial charge in [0.1, 0.15) is 11.4 Å². The smallest absolute Gasteiger partial charge is 0.254 e. The average Bonchev–Trinajstić information content (AvgIpc) is 2.46. The van der Waals surface area contributed by atoms with Crippen molar-refractivity contribution in [1.82, 2.24) is 9.78 Å². The van der Waals surface area contributed by atoms with Crippen LogP contribution in [-0.4, -0.2) is 21.6 Å². The van der Waals surface area contributed by atoms with E-state index >= 15 is 0 Å². The molecule has 6 heteroatoms. The second-order valence-electron chi connectivity index (χ2n) is 4.60. The van der Waals surface area contributed by atoms with Gasteiger partial charge in [-0.05, 0) is 0 Å². The monoisotopic (exact) mass is 224 g/mol. The lowest BCUT2D eigenvalue weighted by Gasteiger charge is -2.18. The van der Waals surface area contributed by atoms with Gasteiger partial charge in [0, 0.05) is 12.5 Å². The van der Waals surface area contributed by atoms with Gasteiger partial charge in [0.25, 0.3) is 5.91 Å². The number of hydrogen-bond acceptors (Lipinski definition) is 3. The first-order valence-corrected chi connectivity index (χ1v) is 4.86. The summed E-state index contributed by atoms with van der Waals surface area (Å²) < 4.78 is 1.41. The lowest BCUT2D eigenvalue weighted by Crippen LogP contribution is -2.29. The Bertz CT molecular complexity index is 429. The first-order chi connectivity index (χ1) is 7.23. The van der Waals surface area contributed by atoms with E-state index in [1.807, 2.05) is 0 Å². The van der Waals surface area contributed by atoms with Gasteiger partial charge >= 0.3 is 0 Å². The van der Waals surface area contributed by atoms with Gasteiger partial charge in [-0.1, -0.05) is 20.8 Å². The topological polar surface area (TPSA) is 90.0 Å². The summed E-state index contributed by atoms with van der Waals surface area (Å²) >= 11 is 0. The quantitative estimate of drug-likeness (QED) is 0.766. The zero-order valence-electron chi connectivity index (χ0n) is 9.87. The molecule has 6 nitrogen and oxygen atoms in total. The molecular formula is C10H16N4O2. The highest BCUT2D eigenvalue weighted by Crippen LogP contribution is 2.19. The number of nitrogens with one attached hydrogen (secondary N) is 1. The standard InChI is InChI=1S/C10H16N4O2/c1-10(2,3)9(16)13-8-6(7(11)15)5-12-14(8)4/h5H,1-4H3,(H2,11,15)(H,13,16). The highest BCUT2D eigenvalue weighted by atomic mass is 16.2. The SMILES string of the molecule is Cn1ncc(C(N)=O)c1NC(=O)C(C)(C)C. The van der Waals surface area contributed by atoms with Crippen LogP contribution < -0.4 is 11.1 Å². The zero-order valence-corrected chi connectivity index (χ0v) is 9.87. The van der Waals surface area contributed by atoms with Crippen LogP contribution in [0.3, 0.4) is 0 Å². The number of carbonyl (C=O) groups is 2. The van der Waals surface area contributed by atoms with Crippen molar-refractivity contribution in [2.45, 2.75) is 20.8 Å². The number of aromatic nitrogens is 2. The maximum atomic E-state index is 11.8. The molecule has 1 rings (SSSR count). The van der Waals surface area contributed by atoms with E-state index in [0.717, 1.165) is 0 Å². The maximum Gasteiger partial charge on any atom is 0.254 e. The molecule has 0 fully saturated rings. The zero-order chi connectivity index (χ0) is 12.5. The van der Waals surface area contributed by atoms with E-state index in [1.165, 1.54) is 10.9 Å². The first-order valence-electron chi connectivity index (χ1n) is 4.86. The summed E-state index contributed by atoms with van der Waals surface area (Å²) in [5, 5.41) is 6.51. The van der Waals surface area contributed by atoms with Crippen molar-refractivity contribution < 1.29 is 9.59 Å². The molecule has 0 saturated heterocycles. The number of primary amides is 1. The molecule has 88 valence electrons. The minimum Gasteiger partial charge on any atom is -0.365 e. The number of anilines is 1. The molecule has 16 heavy (non-hydrogen) atoms. The number of hydrogen-bond donors (Lipinski definition) is 2. The summed E-state index contributed by atoms with van der Waals surface area (Å²) in [4.78, 5) is 22.8. The van der Waals surface area contributed by atoms with E-state index in [-0.39, 0.29) is 11.5 Å². The third-order valence-electron chi connectivity index (χ3n) is 2.12. The molecule has 0 bridgehead atoms. The van der Waals surface area contributed by atoms with Crippen LogP contribution in [0.5, 0.6) is 0 Å². The van der Waals surface area contributed by atoms with Gasteiger partial charge in [-0.15, -0.1) is 0 Å². The van der Waals surface area contributed by atoms with E-state index < -0.39 is 11.3 Å². The fraction of sp³-hybridized carbons (Fsp3) is 0.500. The average molecular weight is 224 g/mol. The lowest BCUT2D eigenvalue weighted by molar-refractivity contribution is -0.123. The van der Waals surface area contributed by atoms with Gasteiger partial charge in [0.05, 0.1) is 6.20 Å². The Morgan fingerprint density at radius 1 is 1.44 bits per heavy atom. The molecule has 0 aliphatic rings. The molecule has 0 aliphatic heterocycles. The Balaban J connectivity index is 3.02. The van der Waals surface area contributed by atoms with Crippen molar-refractivity contribution in [2.24, 2.45) is 18.2 Å². The van der Waals surface area contributed by atoms with Gasteiger partial charge in [0.15, 0.2) is 0 Å². The van der Waals surface area contributed by atoms with Crippen LogP contribution in [0.1, 0.15) is 31.1 Å². The summed E-state index contributed by atoms with van der Waals surface area (Å²) in [6.45, 7) is 5.34. The molecule has 0 aromatic carbocycles. The Kier molecular flexibility index (Phi) is 3.02. The Hall–Kier alpha value is -1.85. The van der Waals surface area contributed by atoms with Crippen LogP contribution in [0.2, 0.25) is 0 Å². The highest BCUT2D eigenvalue weighted by molar-refractivity contribution is 6.03. The van der Waals surface area contributed by atoms with Crippen molar-refractivity contribution >= 4 is 17.6 Å². The van der Waals surface area contributed by atoms with Crippen LogP contribution in [-0.2, 0) is 11.8 Å². The van der Waals surface area contributed by atoms with E-state index in [4.69, 9.17) is 5.73 Å². The number of nitrogens with zero attached hydrogens (tertiary/aromatic N) is 2. The molecular weight excluding hydrogens is 208 g/mol. The van der Waals surface area contributed by atoms with E-state index in [0.29, 0.717) is 5.82 Å². The minimum absolute atomic E-state index is 0.196. The predicted molar refractivity (Wildman–Crippen MR) is 59.8 cm³/mol. The largest absolute Gasteiger partial charge is 0.365 e. The van der Waals surface area contributed by atoms with Crippen molar-refractivity contribution in [3.63, 3.8) is 0 Å². The van der Waals surface area contributed by atoms with Crippen LogP contribution in [0, 0.1) is 5.41 Å². The molecule has 1 aromatic rings. The van der Waals surface area contributed by atoms with Crippen molar-refractivity contribution in [2.75, 3.05) is 5.32 Å². The fourth-order valence-electron chi connectivity index (χ4n) is 1.06. The van der Waals surface area contributed by atoms with E-state index in [9.17, 15) is 9.59 Å². The van der Waals surface area contributed by atoms with Gasteiger partial charge in [-0.3, -0.25) is 14.3 Å². The fourth-order valence-corrected chi connectivity index (χ4v) is 1.06. The van der Waals surface area contributed by atoms with Crippen LogP contribution in [0.25, 0.3) is 0 Å². The number of carbonyl (C=O) groups excluding carboxylic acids is 2. The number of nitrogens with two attached hydrogens (primary N) is 1. The number of rotatable bonds is 2. The van der Waals surface area contributed by atoms with Crippen LogP contribution in [0.4, 0.5) is 5.82 Å². The third kappa shape index (κ3) is 2.39. The van der Waals surface area contributed by atoms with Gasteiger partial charge in [0.2, 0.25) is 5.91 Å². The van der Waals surface area contributed by atoms with Gasteiger partial charge in [-0.2, -0.15) is 5.10 Å². The minimum atomic E-state index is -0.614. The molecule has 3 N–H and O–H groups in total. The predicted octanol–water partition coefficient (Wildman–Crippen LogP) is 0.504. The summed E-state index contributed by atoms with van der Waals surface area (Å²) in [7, 11) is 1.63. The number of aryl methyl sites for hydroxylation is 1. The summed E-state index contributed by atoms with van der Waals surface area (Å²) in [6, 6.07) is 0. The lowest BCUT2D eigenvalue weighted by atomic mass is 9.96. The Labute approximate surface area is 93.8 Å². The van der Waals surface area contributed by atoms with E-state index in [2.05, 4.69) is 10.4 Å².